The lowest BCUT2D eigenvalue weighted by molar-refractivity contribution is 0.0955. The lowest BCUT2D eigenvalue weighted by Gasteiger charge is -2.18. The molecular formula is C37H36O7. The van der Waals surface area contributed by atoms with Crippen molar-refractivity contribution in [2.75, 3.05) is 14.2 Å². The monoisotopic (exact) mass is 592 g/mol. The van der Waals surface area contributed by atoms with Gasteiger partial charge in [0, 0.05) is 27.6 Å². The molecule has 4 aromatic carbocycles. The normalized spacial score (nSPS) is 15.6. The molecule has 0 aliphatic heterocycles. The van der Waals surface area contributed by atoms with Crippen LogP contribution < -0.4 is 9.47 Å². The second kappa shape index (κ2) is 12.5. The van der Waals surface area contributed by atoms with Gasteiger partial charge in [0.25, 0.3) is 0 Å². The van der Waals surface area contributed by atoms with Crippen molar-refractivity contribution in [2.45, 2.75) is 51.0 Å². The number of furan rings is 1. The molecule has 0 amide bonds. The number of fused-ring (bicyclic) bond motifs is 6. The van der Waals surface area contributed by atoms with Gasteiger partial charge in [0.05, 0.1) is 26.7 Å². The smallest absolute Gasteiger partial charge is 0.170 e. The molecule has 7 heteroatoms. The SMILES string of the molecule is COc1ccc(OC)c(C2CCCc3cc(CO)ccc3C2=O)c1.Oc1ccc2c(c1)CCCc1c-2oc2ccc(O)cc12. The van der Waals surface area contributed by atoms with E-state index < -0.39 is 0 Å². The molecule has 3 N–H and O–H groups in total. The molecule has 0 radical (unpaired) electrons. The fourth-order valence-corrected chi connectivity index (χ4v) is 6.48. The van der Waals surface area contributed by atoms with Gasteiger partial charge >= 0.3 is 0 Å². The van der Waals surface area contributed by atoms with Crippen molar-refractivity contribution in [3.8, 4) is 34.3 Å². The number of rotatable bonds is 4. The van der Waals surface area contributed by atoms with Crippen LogP contribution in [0.1, 0.15) is 63.4 Å². The number of aliphatic hydroxyl groups excluding tert-OH is 1. The maximum absolute atomic E-state index is 13.1. The number of Topliss-reactive ketones (excluding diaryl/α,β-unsaturated/α-hetero) is 1. The van der Waals surface area contributed by atoms with Gasteiger partial charge in [0.2, 0.25) is 0 Å². The number of ether oxygens (including phenoxy) is 2. The van der Waals surface area contributed by atoms with Crippen molar-refractivity contribution < 1.29 is 34.0 Å². The van der Waals surface area contributed by atoms with Crippen LogP contribution in [0.2, 0.25) is 0 Å². The molecule has 1 atom stereocenters. The van der Waals surface area contributed by atoms with E-state index in [2.05, 4.69) is 0 Å². The largest absolute Gasteiger partial charge is 0.508 e. The minimum absolute atomic E-state index is 0.00535. The number of hydrogen-bond acceptors (Lipinski definition) is 7. The van der Waals surface area contributed by atoms with Gasteiger partial charge in [0.15, 0.2) is 5.78 Å². The molecule has 1 unspecified atom stereocenters. The molecule has 0 saturated heterocycles. The number of phenols is 2. The molecule has 1 aromatic heterocycles. The number of phenolic OH excluding ortho intramolecular Hbond substituents is 2. The Labute approximate surface area is 256 Å². The average molecular weight is 593 g/mol. The van der Waals surface area contributed by atoms with Gasteiger partial charge in [0.1, 0.15) is 34.3 Å². The number of hydrogen-bond donors (Lipinski definition) is 3. The Hall–Kier alpha value is -4.75. The molecule has 1 heterocycles. The first-order chi connectivity index (χ1) is 21.4. The molecule has 5 aromatic rings. The summed E-state index contributed by atoms with van der Waals surface area (Å²) in [5.74, 6) is 2.73. The van der Waals surface area contributed by atoms with Gasteiger partial charge < -0.3 is 29.2 Å². The maximum atomic E-state index is 13.1. The van der Waals surface area contributed by atoms with E-state index in [9.17, 15) is 20.1 Å². The molecule has 0 spiro atoms. The first-order valence-electron chi connectivity index (χ1n) is 15.0. The highest BCUT2D eigenvalue weighted by Crippen LogP contribution is 2.41. The number of benzene rings is 4. The van der Waals surface area contributed by atoms with Crippen LogP contribution in [0, 0.1) is 0 Å². The van der Waals surface area contributed by atoms with E-state index in [1.807, 2.05) is 48.5 Å². The second-order valence-electron chi connectivity index (χ2n) is 11.4. The molecule has 0 fully saturated rings. The molecule has 2 aliphatic carbocycles. The summed E-state index contributed by atoms with van der Waals surface area (Å²) in [7, 11) is 3.24. The van der Waals surface area contributed by atoms with Gasteiger partial charge in [-0.25, -0.2) is 0 Å². The van der Waals surface area contributed by atoms with Crippen LogP contribution >= 0.6 is 0 Å². The summed E-state index contributed by atoms with van der Waals surface area (Å²) < 4.78 is 16.8. The first-order valence-corrected chi connectivity index (χ1v) is 15.0. The van der Waals surface area contributed by atoms with Gasteiger partial charge in [-0.05, 0) is 110 Å². The Morgan fingerprint density at radius 2 is 1.55 bits per heavy atom. The third-order valence-corrected chi connectivity index (χ3v) is 8.67. The minimum Gasteiger partial charge on any atom is -0.508 e. The second-order valence-corrected chi connectivity index (χ2v) is 11.4. The van der Waals surface area contributed by atoms with Crippen LogP contribution in [-0.4, -0.2) is 35.3 Å². The highest BCUT2D eigenvalue weighted by atomic mass is 16.5. The molecule has 0 saturated carbocycles. The quantitative estimate of drug-likeness (QED) is 0.185. The van der Waals surface area contributed by atoms with Gasteiger partial charge in [-0.3, -0.25) is 4.79 Å². The number of carbonyl (C=O) groups is 1. The van der Waals surface area contributed by atoms with Gasteiger partial charge in [-0.2, -0.15) is 0 Å². The van der Waals surface area contributed by atoms with Crippen LogP contribution in [0.25, 0.3) is 22.3 Å². The number of carbonyl (C=O) groups excluding carboxylic acids is 1. The molecule has 7 rings (SSSR count). The van der Waals surface area contributed by atoms with E-state index in [0.29, 0.717) is 11.5 Å². The molecule has 0 bridgehead atoms. The van der Waals surface area contributed by atoms with E-state index in [-0.39, 0.29) is 24.1 Å². The zero-order valence-electron chi connectivity index (χ0n) is 24.9. The van der Waals surface area contributed by atoms with Crippen molar-refractivity contribution in [1.82, 2.24) is 0 Å². The van der Waals surface area contributed by atoms with Gasteiger partial charge in [-0.1, -0.05) is 18.2 Å². The zero-order valence-corrected chi connectivity index (χ0v) is 24.9. The Morgan fingerprint density at radius 1 is 0.795 bits per heavy atom. The number of aliphatic hydroxyl groups is 1. The van der Waals surface area contributed by atoms with E-state index in [4.69, 9.17) is 13.9 Å². The number of aryl methyl sites for hydroxylation is 3. The van der Waals surface area contributed by atoms with Crippen molar-refractivity contribution in [1.29, 1.82) is 0 Å². The van der Waals surface area contributed by atoms with Crippen LogP contribution in [0.4, 0.5) is 0 Å². The summed E-state index contributed by atoms with van der Waals surface area (Å²) in [6.07, 6.45) is 5.38. The van der Waals surface area contributed by atoms with E-state index >= 15 is 0 Å². The summed E-state index contributed by atoms with van der Waals surface area (Å²) in [5, 5.41) is 29.6. The summed E-state index contributed by atoms with van der Waals surface area (Å²) in [4.78, 5) is 13.1. The molecule has 44 heavy (non-hydrogen) atoms. The van der Waals surface area contributed by atoms with Crippen LogP contribution in [-0.2, 0) is 25.9 Å². The molecule has 7 nitrogen and oxygen atoms in total. The predicted molar refractivity (Wildman–Crippen MR) is 169 cm³/mol. The average Bonchev–Trinajstić information content (AvgIpc) is 3.18. The van der Waals surface area contributed by atoms with Crippen molar-refractivity contribution >= 4 is 16.8 Å². The maximum Gasteiger partial charge on any atom is 0.170 e. The van der Waals surface area contributed by atoms with Crippen molar-refractivity contribution in [3.05, 3.63) is 106 Å². The molecular weight excluding hydrogens is 556 g/mol. The number of ketones is 1. The third-order valence-electron chi connectivity index (χ3n) is 8.67. The van der Waals surface area contributed by atoms with Crippen molar-refractivity contribution in [2.24, 2.45) is 0 Å². The number of methoxy groups -OCH3 is 2. The first kappa shape index (κ1) is 29.3. The highest BCUT2D eigenvalue weighted by molar-refractivity contribution is 6.03. The Balaban J connectivity index is 0.000000158. The van der Waals surface area contributed by atoms with E-state index in [1.165, 1.54) is 0 Å². The van der Waals surface area contributed by atoms with E-state index in [1.54, 1.807) is 38.5 Å². The summed E-state index contributed by atoms with van der Waals surface area (Å²) in [6, 6.07) is 21.8. The fraction of sp³-hybridized carbons (Fsp3) is 0.270. The third kappa shape index (κ3) is 5.63. The van der Waals surface area contributed by atoms with Crippen molar-refractivity contribution in [3.63, 3.8) is 0 Å². The minimum atomic E-state index is -0.240. The van der Waals surface area contributed by atoms with Gasteiger partial charge in [-0.15, -0.1) is 0 Å². The molecule has 2 aliphatic rings. The van der Waals surface area contributed by atoms with E-state index in [0.717, 1.165) is 99.9 Å². The lowest BCUT2D eigenvalue weighted by Crippen LogP contribution is -2.13. The summed E-state index contributed by atoms with van der Waals surface area (Å²) in [5.41, 5.74) is 7.61. The van der Waals surface area contributed by atoms with Crippen LogP contribution in [0.15, 0.2) is 77.2 Å². The zero-order chi connectivity index (χ0) is 30.8. The lowest BCUT2D eigenvalue weighted by atomic mass is 9.87. The Morgan fingerprint density at radius 3 is 2.34 bits per heavy atom. The summed E-state index contributed by atoms with van der Waals surface area (Å²) in [6.45, 7) is -0.00535. The fourth-order valence-electron chi connectivity index (χ4n) is 6.48. The topological polar surface area (TPSA) is 109 Å². The van der Waals surface area contributed by atoms with Crippen LogP contribution in [0.5, 0.6) is 23.0 Å². The summed E-state index contributed by atoms with van der Waals surface area (Å²) >= 11 is 0. The molecule has 226 valence electrons. The standard InChI is InChI=1S/C20H22O4.C17H14O3/c1-23-15-7-9-19(24-2)18(11-15)17-5-3-4-14-10-13(12-21)6-8-16(14)20(17)22;18-11-4-6-13-10(8-11)2-1-3-14-15-9-12(19)5-7-16(15)20-17(13)14/h6-11,17,21H,3-5,12H2,1-2H3;4-9,18-19H,1-3H2. The number of aromatic hydroxyl groups is 2. The van der Waals surface area contributed by atoms with Crippen LogP contribution in [0.3, 0.4) is 0 Å². The Bertz CT molecular complexity index is 1830. The highest BCUT2D eigenvalue weighted by Gasteiger charge is 2.29. The Kier molecular flexibility index (Phi) is 8.31. The predicted octanol–water partition coefficient (Wildman–Crippen LogP) is 7.50.